The second-order valence-corrected chi connectivity index (χ2v) is 8.82. The van der Waals surface area contributed by atoms with Crippen molar-refractivity contribution in [1.82, 2.24) is 5.32 Å². The van der Waals surface area contributed by atoms with Crippen LogP contribution in [0.5, 0.6) is 0 Å². The molecular formula is C13H16Br2N2O4. The van der Waals surface area contributed by atoms with Gasteiger partial charge in [0.25, 0.3) is 0 Å². The minimum Gasteiger partial charge on any atom is -0.444 e. The number of halogens is 2. The minimum atomic E-state index is -1.74. The number of carbonyl (C=O) groups is 1. The van der Waals surface area contributed by atoms with Gasteiger partial charge in [0.15, 0.2) is 0 Å². The third-order valence-electron chi connectivity index (χ3n) is 2.38. The van der Waals surface area contributed by atoms with Crippen LogP contribution in [0.15, 0.2) is 30.3 Å². The van der Waals surface area contributed by atoms with Gasteiger partial charge in [-0.15, -0.1) is 0 Å². The molecule has 0 saturated carbocycles. The van der Waals surface area contributed by atoms with Gasteiger partial charge < -0.3 is 10.1 Å². The van der Waals surface area contributed by atoms with E-state index in [2.05, 4.69) is 37.2 Å². The Bertz CT molecular complexity index is 515. The molecule has 0 aromatic heterocycles. The highest BCUT2D eigenvalue weighted by atomic mass is 79.9. The molecule has 0 unspecified atom stereocenters. The maximum absolute atomic E-state index is 11.9. The van der Waals surface area contributed by atoms with Crippen LogP contribution in [0.25, 0.3) is 0 Å². The summed E-state index contributed by atoms with van der Waals surface area (Å²) in [5.41, 5.74) is -0.130. The summed E-state index contributed by atoms with van der Waals surface area (Å²) in [4.78, 5) is 22.6. The predicted molar refractivity (Wildman–Crippen MR) is 86.1 cm³/mol. The van der Waals surface area contributed by atoms with Crippen molar-refractivity contribution in [2.24, 2.45) is 0 Å². The van der Waals surface area contributed by atoms with E-state index in [1.54, 1.807) is 51.1 Å². The standard InChI is InChI=1S/C13H16Br2N2O4/c1-12(2,3)21-11(18)16-10(13(14,15)17(19)20)9-7-5-4-6-8-9/h4-8,10H,1-3H3,(H,16,18)/t10-/m1/s1. The first-order valence-corrected chi connectivity index (χ1v) is 7.69. The number of amides is 1. The van der Waals surface area contributed by atoms with Gasteiger partial charge in [0, 0.05) is 31.9 Å². The summed E-state index contributed by atoms with van der Waals surface area (Å²) in [5.74, 6) is 0. The van der Waals surface area contributed by atoms with Crippen molar-refractivity contribution in [3.05, 3.63) is 46.0 Å². The number of rotatable bonds is 4. The Morgan fingerprint density at radius 1 is 1.29 bits per heavy atom. The average Bonchev–Trinajstić information content (AvgIpc) is 2.34. The van der Waals surface area contributed by atoms with E-state index >= 15 is 0 Å². The molecule has 1 atom stereocenters. The lowest BCUT2D eigenvalue weighted by Crippen LogP contribution is -2.44. The van der Waals surface area contributed by atoms with Crippen molar-refractivity contribution in [3.8, 4) is 0 Å². The first-order chi connectivity index (χ1) is 9.54. The zero-order chi connectivity index (χ0) is 16.3. The fourth-order valence-corrected chi connectivity index (χ4v) is 2.30. The summed E-state index contributed by atoms with van der Waals surface area (Å²) in [6.07, 6.45) is -0.735. The maximum atomic E-state index is 11.9. The molecular weight excluding hydrogens is 408 g/mol. The van der Waals surface area contributed by atoms with E-state index in [1.165, 1.54) is 0 Å². The van der Waals surface area contributed by atoms with Gasteiger partial charge in [-0.05, 0) is 26.3 Å². The van der Waals surface area contributed by atoms with E-state index in [4.69, 9.17) is 4.74 Å². The number of hydrogen-bond acceptors (Lipinski definition) is 4. The predicted octanol–water partition coefficient (Wildman–Crippen LogP) is 3.97. The van der Waals surface area contributed by atoms with Crippen LogP contribution in [-0.2, 0) is 4.74 Å². The Balaban J connectivity index is 3.05. The van der Waals surface area contributed by atoms with E-state index in [0.717, 1.165) is 0 Å². The molecule has 0 aliphatic heterocycles. The fourth-order valence-electron chi connectivity index (χ4n) is 1.55. The summed E-state index contributed by atoms with van der Waals surface area (Å²) < 4.78 is 3.41. The Hall–Kier alpha value is -1.15. The van der Waals surface area contributed by atoms with Crippen LogP contribution >= 0.6 is 31.9 Å². The third kappa shape index (κ3) is 5.28. The van der Waals surface area contributed by atoms with E-state index in [0.29, 0.717) is 5.56 Å². The quantitative estimate of drug-likeness (QED) is 0.343. The third-order valence-corrected chi connectivity index (χ3v) is 3.88. The van der Waals surface area contributed by atoms with Crippen LogP contribution in [0.3, 0.4) is 0 Å². The van der Waals surface area contributed by atoms with Crippen molar-refractivity contribution in [1.29, 1.82) is 0 Å². The molecule has 1 aromatic rings. The molecule has 21 heavy (non-hydrogen) atoms. The van der Waals surface area contributed by atoms with E-state index in [1.807, 2.05) is 0 Å². The largest absolute Gasteiger partial charge is 0.444 e. The molecule has 0 saturated heterocycles. The summed E-state index contributed by atoms with van der Waals surface area (Å²) in [5, 5.41) is 13.7. The molecule has 0 radical (unpaired) electrons. The van der Waals surface area contributed by atoms with Gasteiger partial charge in [-0.1, -0.05) is 30.3 Å². The Labute approximate surface area is 139 Å². The second kappa shape index (κ2) is 6.74. The molecule has 1 amide bonds. The monoisotopic (exact) mass is 422 g/mol. The summed E-state index contributed by atoms with van der Waals surface area (Å²) in [7, 11) is 0. The van der Waals surface area contributed by atoms with Crippen LogP contribution in [0, 0.1) is 10.1 Å². The van der Waals surface area contributed by atoms with Crippen LogP contribution < -0.4 is 5.32 Å². The first-order valence-electron chi connectivity index (χ1n) is 6.11. The molecule has 0 aliphatic carbocycles. The van der Waals surface area contributed by atoms with Gasteiger partial charge in [0.1, 0.15) is 11.6 Å². The summed E-state index contributed by atoms with van der Waals surface area (Å²) in [6, 6.07) is 7.66. The molecule has 8 heteroatoms. The number of hydrogen-bond donors (Lipinski definition) is 1. The molecule has 1 aromatic carbocycles. The lowest BCUT2D eigenvalue weighted by atomic mass is 10.1. The van der Waals surface area contributed by atoms with Crippen molar-refractivity contribution in [2.45, 2.75) is 35.8 Å². The number of nitrogens with zero attached hydrogens (tertiary/aromatic N) is 1. The topological polar surface area (TPSA) is 81.5 Å². The highest BCUT2D eigenvalue weighted by Crippen LogP contribution is 2.40. The first kappa shape index (κ1) is 17.9. The number of benzene rings is 1. The fraction of sp³-hybridized carbons (Fsp3) is 0.462. The Kier molecular flexibility index (Phi) is 5.75. The number of carbonyl (C=O) groups excluding carboxylic acids is 1. The van der Waals surface area contributed by atoms with Gasteiger partial charge in [-0.3, -0.25) is 10.1 Å². The lowest BCUT2D eigenvalue weighted by molar-refractivity contribution is -0.509. The second-order valence-electron chi connectivity index (χ2n) is 5.33. The van der Waals surface area contributed by atoms with Gasteiger partial charge in [-0.2, -0.15) is 0 Å². The van der Waals surface area contributed by atoms with Crippen molar-refractivity contribution < 1.29 is 14.5 Å². The van der Waals surface area contributed by atoms with Crippen LogP contribution in [0.2, 0.25) is 0 Å². The zero-order valence-electron chi connectivity index (χ0n) is 11.8. The van der Waals surface area contributed by atoms with Crippen LogP contribution in [-0.4, -0.2) is 20.0 Å². The lowest BCUT2D eigenvalue weighted by Gasteiger charge is -2.27. The molecule has 0 heterocycles. The molecule has 1 N–H and O–H groups in total. The number of nitrogens with one attached hydrogen (secondary N) is 1. The molecule has 1 rings (SSSR count). The summed E-state index contributed by atoms with van der Waals surface area (Å²) in [6.45, 7) is 5.15. The zero-order valence-corrected chi connectivity index (χ0v) is 15.0. The van der Waals surface area contributed by atoms with Gasteiger partial charge >= 0.3 is 9.45 Å². The SMILES string of the molecule is CC(C)(C)OC(=O)N[C@H](c1ccccc1)C(Br)(Br)[N+](=O)[O-]. The average molecular weight is 424 g/mol. The van der Waals surface area contributed by atoms with Crippen LogP contribution in [0.1, 0.15) is 32.4 Å². The molecule has 0 aliphatic rings. The van der Waals surface area contributed by atoms with Crippen LogP contribution in [0.4, 0.5) is 4.79 Å². The highest BCUT2D eigenvalue weighted by Gasteiger charge is 2.48. The molecule has 0 bridgehead atoms. The van der Waals surface area contributed by atoms with Crippen molar-refractivity contribution in [3.63, 3.8) is 0 Å². The van der Waals surface area contributed by atoms with E-state index in [-0.39, 0.29) is 0 Å². The number of alkyl halides is 2. The number of nitro groups is 1. The van der Waals surface area contributed by atoms with Crippen molar-refractivity contribution in [2.75, 3.05) is 0 Å². The van der Waals surface area contributed by atoms with Gasteiger partial charge in [0.05, 0.1) is 4.92 Å². The van der Waals surface area contributed by atoms with E-state index < -0.39 is 26.0 Å². The molecule has 6 nitrogen and oxygen atoms in total. The Morgan fingerprint density at radius 2 is 1.81 bits per heavy atom. The normalized spacial score (nSPS) is 13.4. The van der Waals surface area contributed by atoms with Gasteiger partial charge in [0.2, 0.25) is 0 Å². The highest BCUT2D eigenvalue weighted by molar-refractivity contribution is 9.25. The van der Waals surface area contributed by atoms with E-state index in [9.17, 15) is 14.9 Å². The Morgan fingerprint density at radius 3 is 2.24 bits per heavy atom. The number of ether oxygens (including phenoxy) is 1. The van der Waals surface area contributed by atoms with Crippen molar-refractivity contribution >= 4 is 38.0 Å². The molecule has 0 fully saturated rings. The molecule has 116 valence electrons. The maximum Gasteiger partial charge on any atom is 0.408 e. The molecule has 0 spiro atoms. The summed E-state index contributed by atoms with van der Waals surface area (Å²) >= 11 is 6.01. The van der Waals surface area contributed by atoms with Gasteiger partial charge in [-0.25, -0.2) is 4.79 Å². The smallest absolute Gasteiger partial charge is 0.408 e. The minimum absolute atomic E-state index is 0.564. The number of alkyl carbamates (subject to hydrolysis) is 1.